The fraction of sp³-hybridized carbons (Fsp3) is 0.517. The predicted molar refractivity (Wildman–Crippen MR) is 151 cm³/mol. The molecule has 14 heteroatoms. The van der Waals surface area contributed by atoms with Gasteiger partial charge in [0.2, 0.25) is 11.7 Å². The predicted octanol–water partition coefficient (Wildman–Crippen LogP) is 5.34. The summed E-state index contributed by atoms with van der Waals surface area (Å²) < 4.78 is 64.2. The van der Waals surface area contributed by atoms with E-state index in [9.17, 15) is 22.4 Å². The van der Waals surface area contributed by atoms with Crippen molar-refractivity contribution in [3.05, 3.63) is 48.1 Å². The molecule has 1 aromatic carbocycles. The van der Waals surface area contributed by atoms with Crippen LogP contribution in [-0.2, 0) is 13.1 Å². The number of piperidine rings is 1. The highest BCUT2D eigenvalue weighted by Crippen LogP contribution is 2.35. The molecule has 0 radical (unpaired) electrons. The van der Waals surface area contributed by atoms with Gasteiger partial charge in [0.05, 0.1) is 41.6 Å². The molecule has 0 unspecified atom stereocenters. The van der Waals surface area contributed by atoms with Crippen LogP contribution in [0, 0.1) is 0 Å². The summed E-state index contributed by atoms with van der Waals surface area (Å²) in [7, 11) is 0. The van der Waals surface area contributed by atoms with E-state index in [1.54, 1.807) is 30.5 Å². The van der Waals surface area contributed by atoms with Gasteiger partial charge in [0.15, 0.2) is 0 Å². The largest absolute Gasteiger partial charge is 0.406 e. The maximum absolute atomic E-state index is 14.9. The molecule has 3 aromatic heterocycles. The Balaban J connectivity index is 1.22. The van der Waals surface area contributed by atoms with Crippen molar-refractivity contribution in [2.45, 2.75) is 76.5 Å². The lowest BCUT2D eigenvalue weighted by molar-refractivity contribution is -0.139. The molecule has 1 aliphatic heterocycles. The zero-order valence-corrected chi connectivity index (χ0v) is 23.8. The zero-order chi connectivity index (χ0) is 30.1. The third-order valence-corrected chi connectivity index (χ3v) is 8.36. The number of rotatable bonds is 9. The number of carbonyl (C=O) groups is 1. The van der Waals surface area contributed by atoms with Gasteiger partial charge in [-0.1, -0.05) is 31.0 Å². The molecule has 2 N–H and O–H groups in total. The normalized spacial score (nSPS) is 20.2. The maximum Gasteiger partial charge on any atom is 0.406 e. The molecule has 1 saturated carbocycles. The van der Waals surface area contributed by atoms with E-state index in [4.69, 9.17) is 4.52 Å². The van der Waals surface area contributed by atoms with Gasteiger partial charge in [0.1, 0.15) is 12.7 Å². The highest BCUT2D eigenvalue weighted by Gasteiger charge is 2.32. The topological polar surface area (TPSA) is 106 Å². The fourth-order valence-corrected chi connectivity index (χ4v) is 6.07. The molecule has 0 bridgehead atoms. The summed E-state index contributed by atoms with van der Waals surface area (Å²) in [4.78, 5) is 19.0. The number of halogens is 4. The minimum absolute atomic E-state index is 0.0386. The summed E-state index contributed by atoms with van der Waals surface area (Å²) in [6.45, 7) is 2.39. The number of hydrogen-bond donors (Lipinski definition) is 2. The summed E-state index contributed by atoms with van der Waals surface area (Å²) in [5, 5.41) is 14.7. The Morgan fingerprint density at radius 2 is 2.00 bits per heavy atom. The molecule has 10 nitrogen and oxygen atoms in total. The van der Waals surface area contributed by atoms with Gasteiger partial charge in [0.25, 0.3) is 5.91 Å². The summed E-state index contributed by atoms with van der Waals surface area (Å²) >= 11 is 0. The highest BCUT2D eigenvalue weighted by atomic mass is 19.4. The number of likely N-dealkylation sites (tertiary alicyclic amines) is 1. The highest BCUT2D eigenvalue weighted by molar-refractivity contribution is 5.96. The van der Waals surface area contributed by atoms with Crippen molar-refractivity contribution < 1.29 is 26.9 Å². The van der Waals surface area contributed by atoms with E-state index in [0.29, 0.717) is 41.2 Å². The van der Waals surface area contributed by atoms with E-state index in [1.165, 1.54) is 6.20 Å². The van der Waals surface area contributed by atoms with Gasteiger partial charge in [-0.15, -0.1) is 0 Å². The summed E-state index contributed by atoms with van der Waals surface area (Å²) in [5.74, 6) is -0.386. The first-order valence-corrected chi connectivity index (χ1v) is 14.7. The number of anilines is 1. The van der Waals surface area contributed by atoms with Crippen molar-refractivity contribution in [2.75, 3.05) is 25.0 Å². The third-order valence-electron chi connectivity index (χ3n) is 8.36. The van der Waals surface area contributed by atoms with Crippen LogP contribution in [0.4, 0.5) is 23.2 Å². The van der Waals surface area contributed by atoms with Crippen molar-refractivity contribution in [2.24, 2.45) is 0 Å². The molecular weight excluding hydrogens is 568 g/mol. The van der Waals surface area contributed by atoms with Crippen molar-refractivity contribution in [3.8, 4) is 11.5 Å². The standard InChI is InChI=1S/C29H34F4N8O2/c1-2-39-11-10-23(21(30)16-39)36-22-8-5-9-24-20(22)12-25(40(24)17-29(31,32)33)27-37-26(43-38-27)14-34-28(42)18-13-35-41(15-18)19-6-3-4-7-19/h5,8-9,12-13,15,19,21,23,36H,2-4,6-7,10-11,14,16-17H2,1H3,(H,34,42)/t21-,23+/m0/s1. The molecule has 2 aliphatic rings. The molecule has 4 heterocycles. The van der Waals surface area contributed by atoms with Crippen LogP contribution >= 0.6 is 0 Å². The maximum atomic E-state index is 14.9. The Kier molecular flexibility index (Phi) is 8.12. The van der Waals surface area contributed by atoms with Crippen LogP contribution in [0.2, 0.25) is 0 Å². The first-order valence-electron chi connectivity index (χ1n) is 14.7. The second-order valence-corrected chi connectivity index (χ2v) is 11.3. The quantitative estimate of drug-likeness (QED) is 0.249. The molecule has 2 fully saturated rings. The minimum Gasteiger partial charge on any atom is -0.379 e. The lowest BCUT2D eigenvalue weighted by Crippen LogP contribution is -2.47. The van der Waals surface area contributed by atoms with E-state index in [2.05, 4.69) is 25.9 Å². The number of amides is 1. The number of carbonyl (C=O) groups excluding carboxylic acids is 1. The second kappa shape index (κ2) is 12.0. The van der Waals surface area contributed by atoms with Gasteiger partial charge >= 0.3 is 6.18 Å². The van der Waals surface area contributed by atoms with Crippen molar-refractivity contribution in [1.82, 2.24) is 34.7 Å². The van der Waals surface area contributed by atoms with Gasteiger partial charge in [-0.05, 0) is 44.0 Å². The van der Waals surface area contributed by atoms with E-state index < -0.39 is 24.9 Å². The molecular formula is C29H34F4N8O2. The van der Waals surface area contributed by atoms with Crippen molar-refractivity contribution in [1.29, 1.82) is 0 Å². The number of nitrogens with zero attached hydrogens (tertiary/aromatic N) is 6. The molecule has 6 rings (SSSR count). The Hall–Kier alpha value is -3.94. The summed E-state index contributed by atoms with van der Waals surface area (Å²) in [6, 6.07) is 6.34. The first kappa shape index (κ1) is 29.1. The molecule has 1 amide bonds. The summed E-state index contributed by atoms with van der Waals surface area (Å²) in [5.41, 5.74) is 1.33. The van der Waals surface area contributed by atoms with E-state index in [0.717, 1.165) is 43.3 Å². The molecule has 1 aliphatic carbocycles. The molecule has 230 valence electrons. The average molecular weight is 603 g/mol. The van der Waals surface area contributed by atoms with Crippen LogP contribution in [-0.4, -0.2) is 73.3 Å². The number of aromatic nitrogens is 5. The van der Waals surface area contributed by atoms with Gasteiger partial charge in [0, 0.05) is 30.4 Å². The van der Waals surface area contributed by atoms with Gasteiger partial charge in [-0.2, -0.15) is 23.3 Å². The van der Waals surface area contributed by atoms with Crippen LogP contribution in [0.3, 0.4) is 0 Å². The number of nitrogens with one attached hydrogen (secondary N) is 2. The van der Waals surface area contributed by atoms with Crippen LogP contribution in [0.5, 0.6) is 0 Å². The lowest BCUT2D eigenvalue weighted by atomic mass is 10.0. The average Bonchev–Trinajstić information content (AvgIpc) is 3.79. The lowest BCUT2D eigenvalue weighted by Gasteiger charge is -2.35. The summed E-state index contributed by atoms with van der Waals surface area (Å²) in [6.07, 6.45) is 2.50. The molecule has 1 saturated heterocycles. The Morgan fingerprint density at radius 3 is 2.74 bits per heavy atom. The molecule has 0 spiro atoms. The van der Waals surface area contributed by atoms with Crippen molar-refractivity contribution >= 4 is 22.5 Å². The van der Waals surface area contributed by atoms with Gasteiger partial charge in [-0.25, -0.2) is 4.39 Å². The monoisotopic (exact) mass is 602 g/mol. The first-order chi connectivity index (χ1) is 20.7. The minimum atomic E-state index is -4.52. The zero-order valence-electron chi connectivity index (χ0n) is 23.8. The molecule has 4 aromatic rings. The molecule has 2 atom stereocenters. The van der Waals surface area contributed by atoms with E-state index >= 15 is 0 Å². The number of alkyl halides is 4. The van der Waals surface area contributed by atoms with Gasteiger partial charge < -0.3 is 24.6 Å². The SMILES string of the molecule is CCN1CC[C@@H](Nc2cccc3c2cc(-c2noc(CNC(=O)c4cnn(C5CCCC5)c4)n2)n3CC(F)(F)F)[C@@H](F)C1. The second-order valence-electron chi connectivity index (χ2n) is 11.3. The van der Waals surface area contributed by atoms with Crippen LogP contribution in [0.15, 0.2) is 41.2 Å². The van der Waals surface area contributed by atoms with Crippen molar-refractivity contribution in [3.63, 3.8) is 0 Å². The number of benzene rings is 1. The Bertz CT molecular complexity index is 1570. The number of hydrogen-bond acceptors (Lipinski definition) is 7. The third kappa shape index (κ3) is 6.38. The number of fused-ring (bicyclic) bond motifs is 1. The van der Waals surface area contributed by atoms with E-state index in [1.807, 2.05) is 16.5 Å². The van der Waals surface area contributed by atoms with Crippen LogP contribution in [0.25, 0.3) is 22.4 Å². The van der Waals surface area contributed by atoms with Crippen LogP contribution in [0.1, 0.15) is 61.3 Å². The van der Waals surface area contributed by atoms with Gasteiger partial charge in [-0.3, -0.25) is 9.48 Å². The Labute approximate surface area is 245 Å². The van der Waals surface area contributed by atoms with E-state index in [-0.39, 0.29) is 29.9 Å². The fourth-order valence-electron chi connectivity index (χ4n) is 6.07. The van der Waals surface area contributed by atoms with Crippen LogP contribution < -0.4 is 10.6 Å². The Morgan fingerprint density at radius 1 is 1.19 bits per heavy atom. The molecule has 43 heavy (non-hydrogen) atoms. The smallest absolute Gasteiger partial charge is 0.379 e.